The van der Waals surface area contributed by atoms with Crippen molar-refractivity contribution < 1.29 is 9.53 Å². The summed E-state index contributed by atoms with van der Waals surface area (Å²) in [5.41, 5.74) is 0. The first-order valence-electron chi connectivity index (χ1n) is 5.50. The topological polar surface area (TPSA) is 38.3 Å². The molecule has 0 heterocycles. The number of hydrogen-bond acceptors (Lipinski definition) is 2. The molecule has 0 saturated carbocycles. The summed E-state index contributed by atoms with van der Waals surface area (Å²) in [5.74, 6) is 0.563. The molecule has 0 spiro atoms. The molecule has 2 aromatic rings. The van der Waals surface area contributed by atoms with Gasteiger partial charge in [-0.05, 0) is 16.4 Å². The van der Waals surface area contributed by atoms with Gasteiger partial charge in [-0.3, -0.25) is 0 Å². The molecular weight excluding hydrogens is 294 g/mol. The number of rotatable bonds is 3. The van der Waals surface area contributed by atoms with Crippen LogP contribution >= 0.6 is 15.9 Å². The lowest BCUT2D eigenvalue weighted by Gasteiger charge is -2.07. The molecule has 0 aromatic heterocycles. The highest BCUT2D eigenvalue weighted by Crippen LogP contribution is 2.24. The van der Waals surface area contributed by atoms with Crippen LogP contribution in [0.2, 0.25) is 0 Å². The first kappa shape index (κ1) is 12.6. The number of fused-ring (bicyclic) bond motifs is 1. The molecule has 1 amide bonds. The molecule has 0 fully saturated rings. The average molecular weight is 306 g/mol. The summed E-state index contributed by atoms with van der Waals surface area (Å²) in [4.78, 5) is 13.2. The standard InChI is InChI=1S/C14H12BrNO2/c15-9-4-10-16-14(17)18-13-8-3-6-11-5-1-2-7-12(11)13/h1-9H,10H2,(H,16,17)/b9-4-. The quantitative estimate of drug-likeness (QED) is 0.935. The van der Waals surface area contributed by atoms with E-state index in [1.54, 1.807) is 17.1 Å². The Hall–Kier alpha value is -1.81. The Morgan fingerprint density at radius 3 is 2.83 bits per heavy atom. The van der Waals surface area contributed by atoms with Crippen LogP contribution < -0.4 is 10.1 Å². The van der Waals surface area contributed by atoms with Crippen LogP contribution in [0.5, 0.6) is 5.75 Å². The van der Waals surface area contributed by atoms with Gasteiger partial charge in [-0.1, -0.05) is 58.4 Å². The van der Waals surface area contributed by atoms with Gasteiger partial charge in [-0.2, -0.15) is 0 Å². The summed E-state index contributed by atoms with van der Waals surface area (Å²) in [6.45, 7) is 0.425. The maximum atomic E-state index is 11.5. The predicted molar refractivity (Wildman–Crippen MR) is 76.0 cm³/mol. The minimum absolute atomic E-state index is 0.425. The Labute approximate surface area is 114 Å². The Kier molecular flexibility index (Phi) is 4.36. The maximum absolute atomic E-state index is 11.5. The summed E-state index contributed by atoms with van der Waals surface area (Å²) < 4.78 is 5.27. The zero-order valence-corrected chi connectivity index (χ0v) is 11.2. The van der Waals surface area contributed by atoms with Crippen LogP contribution in [0.15, 0.2) is 53.5 Å². The lowest BCUT2D eigenvalue weighted by molar-refractivity contribution is 0.202. The van der Waals surface area contributed by atoms with Crippen molar-refractivity contribution in [2.75, 3.05) is 6.54 Å². The lowest BCUT2D eigenvalue weighted by atomic mass is 10.1. The molecule has 2 rings (SSSR count). The highest BCUT2D eigenvalue weighted by Gasteiger charge is 2.06. The van der Waals surface area contributed by atoms with Crippen LogP contribution in [-0.4, -0.2) is 12.6 Å². The molecule has 0 aliphatic rings. The van der Waals surface area contributed by atoms with E-state index in [0.717, 1.165) is 10.8 Å². The number of amides is 1. The molecule has 92 valence electrons. The van der Waals surface area contributed by atoms with E-state index in [9.17, 15) is 4.79 Å². The van der Waals surface area contributed by atoms with Crippen molar-refractivity contribution in [2.45, 2.75) is 0 Å². The molecule has 18 heavy (non-hydrogen) atoms. The summed E-state index contributed by atoms with van der Waals surface area (Å²) in [6.07, 6.45) is 1.31. The van der Waals surface area contributed by atoms with Gasteiger partial charge in [0.25, 0.3) is 0 Å². The molecule has 3 nitrogen and oxygen atoms in total. The maximum Gasteiger partial charge on any atom is 0.412 e. The zero-order chi connectivity index (χ0) is 12.8. The van der Waals surface area contributed by atoms with Crippen LogP contribution in [-0.2, 0) is 0 Å². The normalized spacial score (nSPS) is 10.7. The van der Waals surface area contributed by atoms with Gasteiger partial charge in [0.2, 0.25) is 0 Å². The predicted octanol–water partition coefficient (Wildman–Crippen LogP) is 3.84. The van der Waals surface area contributed by atoms with E-state index in [0.29, 0.717) is 12.3 Å². The highest BCUT2D eigenvalue weighted by molar-refractivity contribution is 9.11. The first-order valence-corrected chi connectivity index (χ1v) is 6.41. The number of hydrogen-bond donors (Lipinski definition) is 1. The Balaban J connectivity index is 2.14. The smallest absolute Gasteiger partial charge is 0.410 e. The molecule has 0 saturated heterocycles. The van der Waals surface area contributed by atoms with Gasteiger partial charge in [-0.15, -0.1) is 0 Å². The second kappa shape index (κ2) is 6.21. The van der Waals surface area contributed by atoms with Crippen molar-refractivity contribution in [3.63, 3.8) is 0 Å². The van der Waals surface area contributed by atoms with Crippen molar-refractivity contribution in [1.29, 1.82) is 0 Å². The van der Waals surface area contributed by atoms with Gasteiger partial charge in [0.15, 0.2) is 0 Å². The van der Waals surface area contributed by atoms with E-state index in [-0.39, 0.29) is 0 Å². The molecule has 0 aliphatic carbocycles. The fourth-order valence-corrected chi connectivity index (χ4v) is 1.79. The van der Waals surface area contributed by atoms with E-state index in [1.165, 1.54) is 0 Å². The third-order valence-corrected chi connectivity index (χ3v) is 2.78. The van der Waals surface area contributed by atoms with Crippen LogP contribution in [0, 0.1) is 0 Å². The molecular formula is C14H12BrNO2. The van der Waals surface area contributed by atoms with Crippen LogP contribution in [0.4, 0.5) is 4.79 Å². The number of benzene rings is 2. The molecule has 0 bridgehead atoms. The van der Waals surface area contributed by atoms with Crippen LogP contribution in [0.1, 0.15) is 0 Å². The Morgan fingerprint density at radius 1 is 1.22 bits per heavy atom. The molecule has 4 heteroatoms. The number of carbonyl (C=O) groups is 1. The van der Waals surface area contributed by atoms with Gasteiger partial charge < -0.3 is 10.1 Å². The zero-order valence-electron chi connectivity index (χ0n) is 9.60. The highest BCUT2D eigenvalue weighted by atomic mass is 79.9. The number of halogens is 1. The number of carbonyl (C=O) groups excluding carboxylic acids is 1. The van der Waals surface area contributed by atoms with Gasteiger partial charge in [0, 0.05) is 11.9 Å². The first-order chi connectivity index (χ1) is 8.81. The van der Waals surface area contributed by atoms with Gasteiger partial charge in [0.05, 0.1) is 0 Å². The van der Waals surface area contributed by atoms with Crippen molar-refractivity contribution >= 4 is 32.8 Å². The minimum atomic E-state index is -0.461. The van der Waals surface area contributed by atoms with E-state index in [1.807, 2.05) is 36.4 Å². The van der Waals surface area contributed by atoms with E-state index in [2.05, 4.69) is 21.2 Å². The van der Waals surface area contributed by atoms with Gasteiger partial charge in [0.1, 0.15) is 5.75 Å². The fraction of sp³-hybridized carbons (Fsp3) is 0.0714. The van der Waals surface area contributed by atoms with E-state index < -0.39 is 6.09 Å². The van der Waals surface area contributed by atoms with E-state index >= 15 is 0 Å². The van der Waals surface area contributed by atoms with Crippen molar-refractivity contribution in [2.24, 2.45) is 0 Å². The van der Waals surface area contributed by atoms with Crippen molar-refractivity contribution in [3.8, 4) is 5.75 Å². The number of nitrogens with one attached hydrogen (secondary N) is 1. The molecule has 1 N–H and O–H groups in total. The summed E-state index contributed by atoms with van der Waals surface area (Å²) in [6, 6.07) is 13.4. The van der Waals surface area contributed by atoms with Crippen molar-refractivity contribution in [1.82, 2.24) is 5.32 Å². The van der Waals surface area contributed by atoms with Crippen LogP contribution in [0.25, 0.3) is 10.8 Å². The molecule has 2 aromatic carbocycles. The average Bonchev–Trinajstić information content (AvgIpc) is 2.39. The molecule has 0 unspecified atom stereocenters. The largest absolute Gasteiger partial charge is 0.412 e. The lowest BCUT2D eigenvalue weighted by Crippen LogP contribution is -2.26. The minimum Gasteiger partial charge on any atom is -0.410 e. The Morgan fingerprint density at radius 2 is 2.00 bits per heavy atom. The van der Waals surface area contributed by atoms with Crippen LogP contribution in [0.3, 0.4) is 0 Å². The Bertz CT molecular complexity index is 576. The monoisotopic (exact) mass is 305 g/mol. The number of ether oxygens (including phenoxy) is 1. The second-order valence-electron chi connectivity index (χ2n) is 3.61. The summed E-state index contributed by atoms with van der Waals surface area (Å²) >= 11 is 3.13. The van der Waals surface area contributed by atoms with Crippen molar-refractivity contribution in [3.05, 3.63) is 53.5 Å². The SMILES string of the molecule is O=C(NC/C=C\Br)Oc1cccc2ccccc12. The summed E-state index contributed by atoms with van der Waals surface area (Å²) in [7, 11) is 0. The second-order valence-corrected chi connectivity index (χ2v) is 4.14. The third kappa shape index (κ3) is 3.11. The molecule has 0 aliphatic heterocycles. The summed E-state index contributed by atoms with van der Waals surface area (Å²) in [5, 5.41) is 4.59. The fourth-order valence-electron chi connectivity index (χ4n) is 1.61. The van der Waals surface area contributed by atoms with Gasteiger partial charge in [-0.25, -0.2) is 4.79 Å². The van der Waals surface area contributed by atoms with E-state index in [4.69, 9.17) is 4.74 Å². The third-order valence-electron chi connectivity index (χ3n) is 2.41. The van der Waals surface area contributed by atoms with Gasteiger partial charge >= 0.3 is 6.09 Å². The molecule has 0 atom stereocenters. The molecule has 0 radical (unpaired) electrons.